The Kier molecular flexibility index (Phi) is 7.10. The van der Waals surface area contributed by atoms with Crippen LogP contribution in [0.25, 0.3) is 0 Å². The quantitative estimate of drug-likeness (QED) is 0.613. The van der Waals surface area contributed by atoms with E-state index in [1.54, 1.807) is 12.1 Å². The van der Waals surface area contributed by atoms with Crippen molar-refractivity contribution in [3.05, 3.63) is 44.1 Å². The molecule has 2 N–H and O–H groups in total. The summed E-state index contributed by atoms with van der Waals surface area (Å²) in [5.74, 6) is 0.369. The number of aromatic amines is 1. The molecule has 2 heterocycles. The fourth-order valence-corrected chi connectivity index (χ4v) is 3.85. The normalized spacial score (nSPS) is 15.4. The van der Waals surface area contributed by atoms with Crippen molar-refractivity contribution >= 4 is 11.6 Å². The number of aromatic nitrogens is 2. The van der Waals surface area contributed by atoms with Crippen LogP contribution in [0, 0.1) is 0 Å². The second-order valence-corrected chi connectivity index (χ2v) is 7.55. The Bertz CT molecular complexity index is 1170. The molecule has 0 bridgehead atoms. The van der Waals surface area contributed by atoms with Crippen molar-refractivity contribution in [3.8, 4) is 23.1 Å². The number of hydrazone groups is 1. The second kappa shape index (κ2) is 9.80. The minimum Gasteiger partial charge on any atom is -0.494 e. The Morgan fingerprint density at radius 3 is 2.33 bits per heavy atom. The third-order valence-corrected chi connectivity index (χ3v) is 5.50. The van der Waals surface area contributed by atoms with Gasteiger partial charge in [-0.15, -0.1) is 0 Å². The van der Waals surface area contributed by atoms with Crippen molar-refractivity contribution < 1.29 is 24.1 Å². The summed E-state index contributed by atoms with van der Waals surface area (Å²) >= 11 is 0. The number of benzene rings is 1. The number of carbonyl (C=O) groups is 1. The highest BCUT2D eigenvalue weighted by Gasteiger charge is 2.35. The molecule has 1 aromatic heterocycles. The maximum absolute atomic E-state index is 12.6. The van der Waals surface area contributed by atoms with Gasteiger partial charge in [0, 0.05) is 19.9 Å². The van der Waals surface area contributed by atoms with E-state index in [2.05, 4.69) is 10.1 Å². The SMILES string of the molecule is CCCCn1c(O)c(C2=NN(C(C)=O)[C@H](c3cc(OC)c(OC)c(OC)c3)C2)c(=O)[nH]c1=O. The molecule has 1 aliphatic heterocycles. The number of rotatable bonds is 8. The predicted molar refractivity (Wildman–Crippen MR) is 120 cm³/mol. The highest BCUT2D eigenvalue weighted by atomic mass is 16.5. The Labute approximate surface area is 190 Å². The number of H-pyrrole nitrogens is 1. The number of ether oxygens (including phenoxy) is 3. The van der Waals surface area contributed by atoms with Crippen molar-refractivity contribution in [2.75, 3.05) is 21.3 Å². The van der Waals surface area contributed by atoms with Gasteiger partial charge in [0.1, 0.15) is 5.56 Å². The number of unbranched alkanes of at least 4 members (excludes halogenated alkanes) is 1. The average molecular weight is 460 g/mol. The van der Waals surface area contributed by atoms with Gasteiger partial charge >= 0.3 is 5.69 Å². The molecule has 178 valence electrons. The zero-order valence-corrected chi connectivity index (χ0v) is 19.3. The highest BCUT2D eigenvalue weighted by molar-refractivity contribution is 6.04. The number of nitrogens with zero attached hydrogens (tertiary/aromatic N) is 3. The van der Waals surface area contributed by atoms with E-state index in [1.807, 2.05) is 6.92 Å². The van der Waals surface area contributed by atoms with Gasteiger partial charge in [0.25, 0.3) is 5.56 Å². The third kappa shape index (κ3) is 4.43. The lowest BCUT2D eigenvalue weighted by atomic mass is 9.98. The summed E-state index contributed by atoms with van der Waals surface area (Å²) in [7, 11) is 4.45. The average Bonchev–Trinajstić information content (AvgIpc) is 3.23. The summed E-state index contributed by atoms with van der Waals surface area (Å²) in [6.45, 7) is 3.54. The van der Waals surface area contributed by atoms with Crippen LogP contribution in [0.4, 0.5) is 0 Å². The van der Waals surface area contributed by atoms with Crippen LogP contribution >= 0.6 is 0 Å². The summed E-state index contributed by atoms with van der Waals surface area (Å²) in [6, 6.07) is 2.81. The smallest absolute Gasteiger partial charge is 0.331 e. The molecule has 1 amide bonds. The molecule has 11 nitrogen and oxygen atoms in total. The van der Waals surface area contributed by atoms with Crippen LogP contribution in [0.1, 0.15) is 50.3 Å². The van der Waals surface area contributed by atoms with E-state index >= 15 is 0 Å². The largest absolute Gasteiger partial charge is 0.494 e. The van der Waals surface area contributed by atoms with Crippen LogP contribution in [0.5, 0.6) is 23.1 Å². The van der Waals surface area contributed by atoms with Gasteiger partial charge in [0.2, 0.25) is 17.5 Å². The Morgan fingerprint density at radius 2 is 1.82 bits per heavy atom. The standard InChI is InChI=1S/C22H28N4O7/c1-6-7-8-25-21(29)18(20(28)23-22(25)30)14-11-15(26(24-14)12(2)27)13-9-16(31-3)19(33-5)17(10-13)32-4/h9-10,15,29H,6-8,11H2,1-5H3,(H,23,28,30)/t15-/m0/s1. The van der Waals surface area contributed by atoms with Crippen molar-refractivity contribution in [1.82, 2.24) is 14.6 Å². The minimum atomic E-state index is -0.766. The lowest BCUT2D eigenvalue weighted by Crippen LogP contribution is -2.33. The van der Waals surface area contributed by atoms with E-state index in [0.29, 0.717) is 29.2 Å². The fourth-order valence-electron chi connectivity index (χ4n) is 3.85. The van der Waals surface area contributed by atoms with Crippen LogP contribution in [0.2, 0.25) is 0 Å². The summed E-state index contributed by atoms with van der Waals surface area (Å²) in [5.41, 5.74) is -0.774. The van der Waals surface area contributed by atoms with Crippen LogP contribution in [0.3, 0.4) is 0 Å². The molecular formula is C22H28N4O7. The number of aromatic hydroxyl groups is 1. The highest BCUT2D eigenvalue weighted by Crippen LogP contribution is 2.43. The molecule has 0 saturated heterocycles. The monoisotopic (exact) mass is 460 g/mol. The second-order valence-electron chi connectivity index (χ2n) is 7.55. The Morgan fingerprint density at radius 1 is 1.18 bits per heavy atom. The minimum absolute atomic E-state index is 0.126. The third-order valence-electron chi connectivity index (χ3n) is 5.50. The van der Waals surface area contributed by atoms with E-state index in [4.69, 9.17) is 14.2 Å². The van der Waals surface area contributed by atoms with Gasteiger partial charge in [-0.25, -0.2) is 9.80 Å². The summed E-state index contributed by atoms with van der Waals surface area (Å²) in [5, 5.41) is 16.3. The molecule has 1 aromatic carbocycles. The Hall–Kier alpha value is -3.76. The van der Waals surface area contributed by atoms with Gasteiger partial charge in [-0.1, -0.05) is 13.3 Å². The van der Waals surface area contributed by atoms with E-state index in [9.17, 15) is 19.5 Å². The van der Waals surface area contributed by atoms with E-state index < -0.39 is 23.2 Å². The molecule has 0 aliphatic carbocycles. The summed E-state index contributed by atoms with van der Waals surface area (Å²) < 4.78 is 17.3. The van der Waals surface area contributed by atoms with Gasteiger partial charge in [-0.05, 0) is 24.1 Å². The van der Waals surface area contributed by atoms with E-state index in [-0.39, 0.29) is 30.1 Å². The topological polar surface area (TPSA) is 135 Å². The van der Waals surface area contributed by atoms with Gasteiger partial charge in [0.05, 0.1) is 33.1 Å². The number of methoxy groups -OCH3 is 3. The first-order chi connectivity index (χ1) is 15.8. The molecule has 33 heavy (non-hydrogen) atoms. The summed E-state index contributed by atoms with van der Waals surface area (Å²) in [4.78, 5) is 39.4. The lowest BCUT2D eigenvalue weighted by Gasteiger charge is -2.22. The van der Waals surface area contributed by atoms with Gasteiger partial charge in [-0.2, -0.15) is 5.10 Å². The van der Waals surface area contributed by atoms with Crippen molar-refractivity contribution in [3.63, 3.8) is 0 Å². The zero-order valence-electron chi connectivity index (χ0n) is 19.3. The number of hydrogen-bond donors (Lipinski definition) is 2. The van der Waals surface area contributed by atoms with E-state index in [0.717, 1.165) is 11.0 Å². The lowest BCUT2D eigenvalue weighted by molar-refractivity contribution is -0.130. The number of amides is 1. The number of carbonyl (C=O) groups excluding carboxylic acids is 1. The molecule has 0 spiro atoms. The molecule has 1 aliphatic rings. The van der Waals surface area contributed by atoms with Crippen LogP contribution in [-0.2, 0) is 11.3 Å². The fraction of sp³-hybridized carbons (Fsp3) is 0.455. The predicted octanol–water partition coefficient (Wildman–Crippen LogP) is 1.77. The molecule has 2 aromatic rings. The van der Waals surface area contributed by atoms with Crippen molar-refractivity contribution in [1.29, 1.82) is 0 Å². The first-order valence-corrected chi connectivity index (χ1v) is 10.5. The summed E-state index contributed by atoms with van der Waals surface area (Å²) in [6.07, 6.45) is 1.56. The van der Waals surface area contributed by atoms with E-state index in [1.165, 1.54) is 33.3 Å². The molecule has 0 radical (unpaired) electrons. The molecule has 1 atom stereocenters. The molecule has 3 rings (SSSR count). The van der Waals surface area contributed by atoms with Gasteiger partial charge in [0.15, 0.2) is 11.5 Å². The molecule has 0 fully saturated rings. The van der Waals surface area contributed by atoms with Gasteiger partial charge < -0.3 is 19.3 Å². The first kappa shape index (κ1) is 23.9. The Balaban J connectivity index is 2.10. The maximum atomic E-state index is 12.6. The first-order valence-electron chi connectivity index (χ1n) is 10.5. The van der Waals surface area contributed by atoms with Crippen LogP contribution < -0.4 is 25.5 Å². The number of hydrogen-bond acceptors (Lipinski definition) is 8. The maximum Gasteiger partial charge on any atom is 0.331 e. The molecule has 0 saturated carbocycles. The van der Waals surface area contributed by atoms with Crippen molar-refractivity contribution in [2.45, 2.75) is 45.7 Å². The van der Waals surface area contributed by atoms with Crippen LogP contribution in [-0.4, -0.2) is 52.6 Å². The molecular weight excluding hydrogens is 432 g/mol. The number of nitrogens with one attached hydrogen (secondary N) is 1. The molecule has 0 unspecified atom stereocenters. The zero-order chi connectivity index (χ0) is 24.3. The van der Waals surface area contributed by atoms with Crippen LogP contribution in [0.15, 0.2) is 26.8 Å². The van der Waals surface area contributed by atoms with Crippen molar-refractivity contribution in [2.24, 2.45) is 5.10 Å². The molecule has 11 heteroatoms. The van der Waals surface area contributed by atoms with Gasteiger partial charge in [-0.3, -0.25) is 19.1 Å².